The Bertz CT molecular complexity index is 1110. The van der Waals surface area contributed by atoms with Crippen molar-refractivity contribution in [2.24, 2.45) is 0 Å². The molecule has 4 rings (SSSR count). The van der Waals surface area contributed by atoms with Crippen molar-refractivity contribution in [1.29, 1.82) is 0 Å². The summed E-state index contributed by atoms with van der Waals surface area (Å²) in [7, 11) is 0. The fourth-order valence-corrected chi connectivity index (χ4v) is 4.42. The molecule has 0 unspecified atom stereocenters. The lowest BCUT2D eigenvalue weighted by Crippen LogP contribution is -2.42. The van der Waals surface area contributed by atoms with E-state index in [0.29, 0.717) is 41.7 Å². The van der Waals surface area contributed by atoms with E-state index in [4.69, 9.17) is 4.74 Å². The Labute approximate surface area is 192 Å². The number of ether oxygens (including phenoxy) is 2. The number of benzene rings is 2. The summed E-state index contributed by atoms with van der Waals surface area (Å²) in [6.07, 6.45) is -1.56. The van der Waals surface area contributed by atoms with E-state index in [0.717, 1.165) is 30.0 Å². The lowest BCUT2D eigenvalue weighted by atomic mass is 10.2. The van der Waals surface area contributed by atoms with Crippen LogP contribution in [0.15, 0.2) is 54.6 Å². The zero-order valence-corrected chi connectivity index (χ0v) is 18.4. The summed E-state index contributed by atoms with van der Waals surface area (Å²) in [6, 6.07) is 13.4. The molecule has 1 aliphatic heterocycles. The molecule has 1 aromatic heterocycles. The summed E-state index contributed by atoms with van der Waals surface area (Å²) in [6.45, 7) is 3.87. The van der Waals surface area contributed by atoms with Gasteiger partial charge in [-0.3, -0.25) is 14.6 Å². The second-order valence-corrected chi connectivity index (χ2v) is 8.37. The van der Waals surface area contributed by atoms with Gasteiger partial charge in [0, 0.05) is 38.3 Å². The average Bonchev–Trinajstić information content (AvgIpc) is 3.21. The molecule has 1 amide bonds. The first-order valence-corrected chi connectivity index (χ1v) is 11.2. The van der Waals surface area contributed by atoms with Crippen molar-refractivity contribution >= 4 is 38.7 Å². The second kappa shape index (κ2) is 10.3. The van der Waals surface area contributed by atoms with Crippen molar-refractivity contribution in [2.45, 2.75) is 6.36 Å². The van der Waals surface area contributed by atoms with E-state index in [1.807, 2.05) is 30.3 Å². The van der Waals surface area contributed by atoms with Crippen LogP contribution in [0.2, 0.25) is 0 Å². The molecule has 1 fully saturated rings. The predicted molar refractivity (Wildman–Crippen MR) is 121 cm³/mol. The number of nitrogens with zero attached hydrogens (tertiary/aromatic N) is 3. The number of morpholine rings is 1. The Balaban J connectivity index is 1.57. The number of thiazole rings is 1. The van der Waals surface area contributed by atoms with Gasteiger partial charge in [-0.1, -0.05) is 41.7 Å². The highest BCUT2D eigenvalue weighted by molar-refractivity contribution is 7.22. The summed E-state index contributed by atoms with van der Waals surface area (Å²) in [5, 5.41) is 0.421. The maximum absolute atomic E-state index is 13.1. The predicted octanol–water partition coefficient (Wildman–Crippen LogP) is 4.57. The smallest absolute Gasteiger partial charge is 0.406 e. The first-order valence-electron chi connectivity index (χ1n) is 10.4. The number of amides is 1. The Kier molecular flexibility index (Phi) is 7.26. The lowest BCUT2D eigenvalue weighted by Gasteiger charge is -2.28. The van der Waals surface area contributed by atoms with Crippen LogP contribution in [0.3, 0.4) is 0 Å². The zero-order valence-electron chi connectivity index (χ0n) is 17.6. The number of alkyl halides is 3. The molecule has 0 saturated carbocycles. The molecule has 0 bridgehead atoms. The summed E-state index contributed by atoms with van der Waals surface area (Å²) < 4.78 is 47.6. The number of fused-ring (bicyclic) bond motifs is 1. The maximum atomic E-state index is 13.1. The fraction of sp³-hybridized carbons (Fsp3) is 0.304. The first kappa shape index (κ1) is 23.2. The summed E-state index contributed by atoms with van der Waals surface area (Å²) in [5.74, 6) is -0.571. The van der Waals surface area contributed by atoms with E-state index in [1.54, 1.807) is 11.0 Å². The van der Waals surface area contributed by atoms with Crippen LogP contribution in [0, 0.1) is 0 Å². The van der Waals surface area contributed by atoms with Gasteiger partial charge in [0.1, 0.15) is 5.75 Å². The van der Waals surface area contributed by atoms with Gasteiger partial charge >= 0.3 is 6.36 Å². The number of hydrogen-bond donors (Lipinski definition) is 0. The molecule has 3 aromatic rings. The second-order valence-electron chi connectivity index (χ2n) is 7.36. The topological polar surface area (TPSA) is 54.9 Å². The molecular weight excluding hydrogens is 455 g/mol. The largest absolute Gasteiger partial charge is 0.573 e. The monoisotopic (exact) mass is 477 g/mol. The van der Waals surface area contributed by atoms with Crippen molar-refractivity contribution in [3.8, 4) is 5.75 Å². The van der Waals surface area contributed by atoms with E-state index in [-0.39, 0.29) is 11.7 Å². The number of halogens is 3. The quantitative estimate of drug-likeness (QED) is 0.467. The van der Waals surface area contributed by atoms with E-state index >= 15 is 0 Å². The minimum atomic E-state index is -4.77. The van der Waals surface area contributed by atoms with Crippen LogP contribution in [-0.2, 0) is 9.53 Å². The number of rotatable bonds is 7. The number of aromatic nitrogens is 1. The van der Waals surface area contributed by atoms with Gasteiger partial charge in [0.25, 0.3) is 5.91 Å². The number of carbonyl (C=O) groups excluding carboxylic acids is 1. The van der Waals surface area contributed by atoms with E-state index in [9.17, 15) is 18.0 Å². The third-order valence-corrected chi connectivity index (χ3v) is 6.08. The Hall–Kier alpha value is -2.95. The first-order chi connectivity index (χ1) is 15.9. The van der Waals surface area contributed by atoms with Crippen LogP contribution in [0.1, 0.15) is 5.56 Å². The zero-order chi connectivity index (χ0) is 23.3. The molecule has 2 heterocycles. The van der Waals surface area contributed by atoms with Gasteiger partial charge in [0.05, 0.1) is 23.4 Å². The van der Waals surface area contributed by atoms with Crippen LogP contribution in [0.4, 0.5) is 18.3 Å². The Morgan fingerprint density at radius 3 is 2.67 bits per heavy atom. The normalized spacial score (nSPS) is 15.2. The molecule has 0 aliphatic carbocycles. The molecule has 33 heavy (non-hydrogen) atoms. The standard InChI is InChI=1S/C23H22F3N3O3S/c24-23(25,26)32-18-7-8-19-20(16-18)33-22(27-19)29(11-10-28-12-14-31-15-13-28)21(30)9-6-17-4-2-1-3-5-17/h1-9,16H,10-15H2/b9-6+. The molecule has 0 spiro atoms. The van der Waals surface area contributed by atoms with Crippen molar-refractivity contribution in [2.75, 3.05) is 44.3 Å². The third kappa shape index (κ3) is 6.53. The minimum absolute atomic E-state index is 0.252. The Morgan fingerprint density at radius 1 is 1.18 bits per heavy atom. The number of anilines is 1. The third-order valence-electron chi connectivity index (χ3n) is 5.04. The Morgan fingerprint density at radius 2 is 1.94 bits per heavy atom. The number of carbonyl (C=O) groups is 1. The summed E-state index contributed by atoms with van der Waals surface area (Å²) in [4.78, 5) is 21.4. The molecule has 174 valence electrons. The number of hydrogen-bond acceptors (Lipinski definition) is 6. The van der Waals surface area contributed by atoms with Gasteiger partial charge in [-0.2, -0.15) is 0 Å². The fourth-order valence-electron chi connectivity index (χ4n) is 3.39. The van der Waals surface area contributed by atoms with Crippen LogP contribution in [-0.4, -0.2) is 61.5 Å². The van der Waals surface area contributed by atoms with E-state index in [1.165, 1.54) is 24.3 Å². The van der Waals surface area contributed by atoms with E-state index < -0.39 is 6.36 Å². The van der Waals surface area contributed by atoms with Crippen molar-refractivity contribution < 1.29 is 27.4 Å². The highest BCUT2D eigenvalue weighted by Crippen LogP contribution is 2.33. The summed E-state index contributed by atoms with van der Waals surface area (Å²) >= 11 is 1.15. The van der Waals surface area contributed by atoms with Gasteiger partial charge in [-0.15, -0.1) is 13.2 Å². The average molecular weight is 478 g/mol. The van der Waals surface area contributed by atoms with Crippen LogP contribution in [0.25, 0.3) is 16.3 Å². The van der Waals surface area contributed by atoms with E-state index in [2.05, 4.69) is 14.6 Å². The van der Waals surface area contributed by atoms with Crippen molar-refractivity contribution in [3.05, 3.63) is 60.2 Å². The summed E-state index contributed by atoms with van der Waals surface area (Å²) in [5.41, 5.74) is 1.39. The molecule has 6 nitrogen and oxygen atoms in total. The minimum Gasteiger partial charge on any atom is -0.406 e. The molecule has 0 atom stereocenters. The molecular formula is C23H22F3N3O3S. The SMILES string of the molecule is O=C(/C=C/c1ccccc1)N(CCN1CCOCC1)c1nc2ccc(OC(F)(F)F)cc2s1. The maximum Gasteiger partial charge on any atom is 0.573 e. The van der Waals surface area contributed by atoms with Crippen LogP contribution in [0.5, 0.6) is 5.75 Å². The van der Waals surface area contributed by atoms with Gasteiger partial charge < -0.3 is 9.47 Å². The van der Waals surface area contributed by atoms with Gasteiger partial charge in [0.15, 0.2) is 5.13 Å². The molecule has 1 aliphatic rings. The molecule has 10 heteroatoms. The molecule has 1 saturated heterocycles. The van der Waals surface area contributed by atoms with Crippen LogP contribution >= 0.6 is 11.3 Å². The highest BCUT2D eigenvalue weighted by Gasteiger charge is 2.31. The van der Waals surface area contributed by atoms with Gasteiger partial charge in [-0.05, 0) is 23.8 Å². The molecule has 2 aromatic carbocycles. The molecule has 0 radical (unpaired) electrons. The van der Waals surface area contributed by atoms with Crippen LogP contribution < -0.4 is 9.64 Å². The highest BCUT2D eigenvalue weighted by atomic mass is 32.1. The lowest BCUT2D eigenvalue weighted by molar-refractivity contribution is -0.274. The van der Waals surface area contributed by atoms with Crippen molar-refractivity contribution in [1.82, 2.24) is 9.88 Å². The van der Waals surface area contributed by atoms with Gasteiger partial charge in [-0.25, -0.2) is 4.98 Å². The molecule has 0 N–H and O–H groups in total. The van der Waals surface area contributed by atoms with Gasteiger partial charge in [0.2, 0.25) is 0 Å². The van der Waals surface area contributed by atoms with Crippen molar-refractivity contribution in [3.63, 3.8) is 0 Å².